The van der Waals surface area contributed by atoms with Crippen LogP contribution in [0.3, 0.4) is 0 Å². The van der Waals surface area contributed by atoms with E-state index in [0.29, 0.717) is 11.8 Å². The maximum absolute atomic E-state index is 7.57. The summed E-state index contributed by atoms with van der Waals surface area (Å²) in [5.74, 6) is 1.16. The van der Waals surface area contributed by atoms with Gasteiger partial charge >= 0.3 is 0 Å². The second-order valence-corrected chi connectivity index (χ2v) is 4.70. The van der Waals surface area contributed by atoms with Crippen molar-refractivity contribution in [2.24, 2.45) is 0 Å². The number of piperidine rings is 1. The monoisotopic (exact) mass is 215 g/mol. The number of hydrogen-bond acceptors (Lipinski definition) is 3. The van der Waals surface area contributed by atoms with Gasteiger partial charge in [-0.1, -0.05) is 0 Å². The lowest BCUT2D eigenvalue weighted by atomic mass is 9.98. The van der Waals surface area contributed by atoms with Crippen LogP contribution in [0.15, 0.2) is 24.5 Å². The molecule has 16 heavy (non-hydrogen) atoms. The molecule has 0 spiro atoms. The molecule has 0 amide bonds. The quantitative estimate of drug-likeness (QED) is 0.728. The molecule has 2 aromatic rings. The molecule has 2 aliphatic rings. The zero-order valence-corrected chi connectivity index (χ0v) is 8.83. The first kappa shape index (κ1) is 6.97. The number of aromatic nitrogens is 2. The average molecular weight is 215 g/mol. The molecular weight excluding hydrogens is 200 g/mol. The van der Waals surface area contributed by atoms with Crippen LogP contribution in [-0.2, 0) is 0 Å². The van der Waals surface area contributed by atoms with Crippen LogP contribution in [0.25, 0.3) is 11.0 Å². The molecule has 1 saturated heterocycles. The highest BCUT2D eigenvalue weighted by Gasteiger charge is 2.34. The molecule has 1 aliphatic carbocycles. The highest BCUT2D eigenvalue weighted by Crippen LogP contribution is 2.44. The molecule has 2 heterocycles. The van der Waals surface area contributed by atoms with Crippen LogP contribution >= 0.6 is 0 Å². The minimum atomic E-state index is -0.0402. The van der Waals surface area contributed by atoms with Crippen molar-refractivity contribution in [3.63, 3.8) is 0 Å². The summed E-state index contributed by atoms with van der Waals surface area (Å²) in [6.45, 7) is 2.07. The van der Waals surface area contributed by atoms with Gasteiger partial charge in [0.1, 0.15) is 0 Å². The summed E-state index contributed by atoms with van der Waals surface area (Å²) in [5, 5.41) is 3.46. The number of rotatable bonds is 0. The lowest BCUT2D eigenvalue weighted by molar-refractivity contribution is 0.454. The second-order valence-electron chi connectivity index (χ2n) is 4.70. The normalized spacial score (nSPS) is 28.8. The molecule has 4 rings (SSSR count). The van der Waals surface area contributed by atoms with Gasteiger partial charge < -0.3 is 5.32 Å². The fraction of sp³-hybridized carbons (Fsp3) is 0.385. The van der Waals surface area contributed by atoms with Crippen molar-refractivity contribution in [3.8, 4) is 0 Å². The van der Waals surface area contributed by atoms with Gasteiger partial charge in [-0.25, -0.2) is 0 Å². The maximum atomic E-state index is 7.57. The predicted molar refractivity (Wildman–Crippen MR) is 62.5 cm³/mol. The van der Waals surface area contributed by atoms with E-state index < -0.39 is 0 Å². The zero-order valence-electron chi connectivity index (χ0n) is 10.8. The van der Waals surface area contributed by atoms with Gasteiger partial charge in [0.15, 0.2) is 0 Å². The molecule has 0 saturated carbocycles. The van der Waals surface area contributed by atoms with Gasteiger partial charge in [0.25, 0.3) is 0 Å². The molecule has 0 radical (unpaired) electrons. The lowest BCUT2D eigenvalue weighted by Gasteiger charge is -2.19. The van der Waals surface area contributed by atoms with Gasteiger partial charge in [0, 0.05) is 25.4 Å². The molecule has 3 heteroatoms. The standard InChI is InChI=1S/C13H13N3/c1-2-16-13-5-11-9-3-8(6-14-7-9)10(11)4-12(13)15-1/h1-2,4-5,8-9,14H,3,6-7H2/i1D,2D,15+1,16+1. The Balaban J connectivity index is 2.00. The summed E-state index contributed by atoms with van der Waals surface area (Å²) >= 11 is 0. The average Bonchev–Trinajstić information content (AvgIpc) is 2.61. The van der Waals surface area contributed by atoms with Gasteiger partial charge in [-0.15, -0.1) is 0 Å². The Bertz CT molecular complexity index is 602. The first-order chi connectivity index (χ1) is 8.72. The molecule has 80 valence electrons. The molecule has 2 atom stereocenters. The van der Waals surface area contributed by atoms with Gasteiger partial charge in [0.05, 0.1) is 13.8 Å². The number of fused-ring (bicyclic) bond motifs is 6. The van der Waals surface area contributed by atoms with Crippen molar-refractivity contribution in [1.82, 2.24) is 15.3 Å². The van der Waals surface area contributed by atoms with Crippen LogP contribution in [0.4, 0.5) is 0 Å². The van der Waals surface area contributed by atoms with E-state index in [2.05, 4.69) is 27.4 Å². The van der Waals surface area contributed by atoms with E-state index >= 15 is 0 Å². The molecule has 1 aliphatic heterocycles. The summed E-state index contributed by atoms with van der Waals surface area (Å²) in [6, 6.07) is 4.15. The van der Waals surface area contributed by atoms with Crippen LogP contribution in [0.5, 0.6) is 0 Å². The molecular formula is C13H13N3. The maximum Gasteiger partial charge on any atom is 0.0889 e. The number of nitrogens with zero attached hydrogens (tertiary/aromatic N) is 2. The third-order valence-corrected chi connectivity index (χ3v) is 3.81. The summed E-state index contributed by atoms with van der Waals surface area (Å²) < 4.78 is 15.1. The van der Waals surface area contributed by atoms with Crippen molar-refractivity contribution in [3.05, 3.63) is 35.6 Å². The Morgan fingerprint density at radius 2 is 1.62 bits per heavy atom. The SMILES string of the molecule is [2H]c1[15n]c2cc3c(cc2[15n]c1[2H])C1CNCC3C1. The number of benzene rings is 1. The van der Waals surface area contributed by atoms with Crippen molar-refractivity contribution in [2.75, 3.05) is 13.1 Å². The van der Waals surface area contributed by atoms with Crippen LogP contribution in [0.2, 0.25) is 0 Å². The van der Waals surface area contributed by atoms with Crippen LogP contribution < -0.4 is 5.32 Å². The lowest BCUT2D eigenvalue weighted by Crippen LogP contribution is -2.28. The Hall–Kier alpha value is -1.48. The molecule has 1 aromatic carbocycles. The highest BCUT2D eigenvalue weighted by molar-refractivity contribution is 5.77. The molecule has 2 bridgehead atoms. The van der Waals surface area contributed by atoms with E-state index in [1.54, 1.807) is 0 Å². The molecule has 3 nitrogen and oxygen atoms in total. The summed E-state index contributed by atoms with van der Waals surface area (Å²) in [5.41, 5.74) is 4.23. The van der Waals surface area contributed by atoms with Gasteiger partial charge in [-0.3, -0.25) is 9.97 Å². The van der Waals surface area contributed by atoms with Crippen molar-refractivity contribution in [2.45, 2.75) is 18.3 Å². The summed E-state index contributed by atoms with van der Waals surface area (Å²) in [4.78, 5) is 8.33. The summed E-state index contributed by atoms with van der Waals surface area (Å²) in [7, 11) is 0. The molecule has 1 fully saturated rings. The Kier molecular flexibility index (Phi) is 1.31. The number of nitrogens with one attached hydrogen (secondary N) is 1. The minimum absolute atomic E-state index is 0.0402. The molecule has 2 unspecified atom stereocenters. The van der Waals surface area contributed by atoms with E-state index in [-0.39, 0.29) is 12.3 Å². The van der Waals surface area contributed by atoms with E-state index in [4.69, 9.17) is 2.74 Å². The largest absolute Gasteiger partial charge is 0.316 e. The van der Waals surface area contributed by atoms with Gasteiger partial charge in [0.2, 0.25) is 0 Å². The fourth-order valence-corrected chi connectivity index (χ4v) is 3.08. The smallest absolute Gasteiger partial charge is 0.0889 e. The first-order valence-electron chi connectivity index (χ1n) is 6.72. The van der Waals surface area contributed by atoms with E-state index in [1.807, 2.05) is 0 Å². The van der Waals surface area contributed by atoms with E-state index in [1.165, 1.54) is 17.5 Å². The van der Waals surface area contributed by atoms with Crippen LogP contribution in [0, 0.1) is 0 Å². The van der Waals surface area contributed by atoms with Gasteiger partial charge in [-0.2, -0.15) is 0 Å². The van der Waals surface area contributed by atoms with E-state index in [0.717, 1.165) is 24.1 Å². The zero-order chi connectivity index (χ0) is 12.3. The highest BCUT2D eigenvalue weighted by atomic mass is 15.5. The molecule has 1 N–H and O–H groups in total. The van der Waals surface area contributed by atoms with Gasteiger partial charge in [-0.05, 0) is 41.5 Å². The predicted octanol–water partition coefficient (Wildman–Crippen LogP) is 1.80. The van der Waals surface area contributed by atoms with Crippen LogP contribution in [0.1, 0.15) is 32.1 Å². The minimum Gasteiger partial charge on any atom is -0.316 e. The Morgan fingerprint density at radius 3 is 2.19 bits per heavy atom. The topological polar surface area (TPSA) is 37.8 Å². The van der Waals surface area contributed by atoms with Crippen LogP contribution in [-0.4, -0.2) is 23.1 Å². The first-order valence-corrected chi connectivity index (χ1v) is 5.72. The van der Waals surface area contributed by atoms with Crippen molar-refractivity contribution >= 4 is 11.0 Å². The fourth-order valence-electron chi connectivity index (χ4n) is 3.08. The van der Waals surface area contributed by atoms with E-state index in [9.17, 15) is 0 Å². The van der Waals surface area contributed by atoms with Crippen molar-refractivity contribution in [1.29, 1.82) is 0 Å². The number of hydrogen-bond donors (Lipinski definition) is 1. The Labute approximate surface area is 96.7 Å². The second kappa shape index (κ2) is 3.01. The summed E-state index contributed by atoms with van der Waals surface area (Å²) in [6.07, 6.45) is 1.13. The third kappa shape index (κ3) is 1.06. The van der Waals surface area contributed by atoms with Crippen molar-refractivity contribution < 1.29 is 2.74 Å². The third-order valence-electron chi connectivity index (χ3n) is 3.81. The molecule has 1 aromatic heterocycles. The Morgan fingerprint density at radius 1 is 1.06 bits per heavy atom.